The normalized spacial score (nSPS) is 21.1. The van der Waals surface area contributed by atoms with Gasteiger partial charge in [0.25, 0.3) is 0 Å². The van der Waals surface area contributed by atoms with Crippen molar-refractivity contribution in [3.8, 4) is 0 Å². The van der Waals surface area contributed by atoms with Crippen molar-refractivity contribution in [1.82, 2.24) is 4.31 Å². The van der Waals surface area contributed by atoms with E-state index in [9.17, 15) is 8.42 Å². The van der Waals surface area contributed by atoms with Crippen molar-refractivity contribution in [2.75, 3.05) is 19.7 Å². The van der Waals surface area contributed by atoms with Crippen LogP contribution >= 0.6 is 23.2 Å². The maximum absolute atomic E-state index is 12.6. The van der Waals surface area contributed by atoms with Crippen molar-refractivity contribution in [2.24, 2.45) is 5.73 Å². The lowest BCUT2D eigenvalue weighted by molar-refractivity contribution is 0.0102. The molecule has 2 N–H and O–H groups in total. The van der Waals surface area contributed by atoms with Crippen LogP contribution in [0, 0.1) is 0 Å². The first kappa shape index (κ1) is 16.0. The molecular weight excluding hydrogens is 323 g/mol. The summed E-state index contributed by atoms with van der Waals surface area (Å²) in [7, 11) is -3.67. The largest absolute Gasteiger partial charge is 0.376 e. The number of morpholine rings is 1. The molecule has 112 valence electrons. The number of hydrogen-bond acceptors (Lipinski definition) is 4. The summed E-state index contributed by atoms with van der Waals surface area (Å²) < 4.78 is 32.0. The highest BCUT2D eigenvalue weighted by atomic mass is 35.5. The second kappa shape index (κ2) is 6.17. The zero-order valence-corrected chi connectivity index (χ0v) is 13.3. The number of nitrogens with two attached hydrogens (primary N) is 1. The first-order chi connectivity index (χ1) is 9.37. The fourth-order valence-electron chi connectivity index (χ4n) is 2.11. The summed E-state index contributed by atoms with van der Waals surface area (Å²) in [5, 5.41) is 0.464. The van der Waals surface area contributed by atoms with Gasteiger partial charge in [-0.15, -0.1) is 0 Å². The minimum Gasteiger partial charge on any atom is -0.376 e. The standard InChI is InChI=1S/C12H16Cl2N2O3S/c1-8-7-16(4-5-19-8)20(17,18)11-3-2-10(13)9(6-15)12(11)14/h2-3,8H,4-7,15H2,1H3. The van der Waals surface area contributed by atoms with Crippen LogP contribution in [0.15, 0.2) is 17.0 Å². The van der Waals surface area contributed by atoms with E-state index in [0.717, 1.165) is 0 Å². The number of sulfonamides is 1. The number of nitrogens with zero attached hydrogens (tertiary/aromatic N) is 1. The van der Waals surface area contributed by atoms with Gasteiger partial charge >= 0.3 is 0 Å². The number of halogens is 2. The average Bonchev–Trinajstić information content (AvgIpc) is 2.39. The molecule has 0 aromatic heterocycles. The molecule has 0 amide bonds. The Morgan fingerprint density at radius 1 is 1.45 bits per heavy atom. The number of ether oxygens (including phenoxy) is 1. The molecule has 1 atom stereocenters. The molecule has 20 heavy (non-hydrogen) atoms. The Hall–Kier alpha value is -0.370. The van der Waals surface area contributed by atoms with Gasteiger partial charge in [-0.2, -0.15) is 4.31 Å². The van der Waals surface area contributed by atoms with E-state index >= 15 is 0 Å². The van der Waals surface area contributed by atoms with Crippen LogP contribution in [0.1, 0.15) is 12.5 Å². The van der Waals surface area contributed by atoms with Gasteiger partial charge in [0.15, 0.2) is 0 Å². The fourth-order valence-corrected chi connectivity index (χ4v) is 4.51. The SMILES string of the molecule is CC1CN(S(=O)(=O)c2ccc(Cl)c(CN)c2Cl)CCO1. The fraction of sp³-hybridized carbons (Fsp3) is 0.500. The zero-order valence-electron chi connectivity index (χ0n) is 11.0. The molecule has 0 bridgehead atoms. The van der Waals surface area contributed by atoms with Crippen LogP contribution in [0.2, 0.25) is 10.0 Å². The first-order valence-electron chi connectivity index (χ1n) is 6.16. The highest BCUT2D eigenvalue weighted by molar-refractivity contribution is 7.89. The van der Waals surface area contributed by atoms with Crippen molar-refractivity contribution < 1.29 is 13.2 Å². The van der Waals surface area contributed by atoms with E-state index in [1.165, 1.54) is 16.4 Å². The Labute approximate surface area is 128 Å². The van der Waals surface area contributed by atoms with E-state index in [-0.39, 0.29) is 22.6 Å². The third-order valence-corrected chi connectivity index (χ3v) is 5.98. The van der Waals surface area contributed by atoms with E-state index in [1.54, 1.807) is 0 Å². The van der Waals surface area contributed by atoms with Crippen molar-refractivity contribution in [2.45, 2.75) is 24.5 Å². The molecular formula is C12H16Cl2N2O3S. The molecule has 2 rings (SSSR count). The van der Waals surface area contributed by atoms with E-state index in [2.05, 4.69) is 0 Å². The van der Waals surface area contributed by atoms with Crippen molar-refractivity contribution >= 4 is 33.2 Å². The molecule has 5 nitrogen and oxygen atoms in total. The van der Waals surface area contributed by atoms with E-state index in [0.29, 0.717) is 30.3 Å². The molecule has 0 aliphatic carbocycles. The topological polar surface area (TPSA) is 72.6 Å². The lowest BCUT2D eigenvalue weighted by Gasteiger charge is -2.30. The predicted molar refractivity (Wildman–Crippen MR) is 78.5 cm³/mol. The zero-order chi connectivity index (χ0) is 14.9. The monoisotopic (exact) mass is 338 g/mol. The van der Waals surface area contributed by atoms with Crippen LogP contribution in [0.4, 0.5) is 0 Å². The van der Waals surface area contributed by atoms with Gasteiger partial charge in [-0.25, -0.2) is 8.42 Å². The molecule has 1 aliphatic heterocycles. The maximum Gasteiger partial charge on any atom is 0.244 e. The number of benzene rings is 1. The van der Waals surface area contributed by atoms with Gasteiger partial charge in [-0.1, -0.05) is 23.2 Å². The molecule has 0 saturated carbocycles. The van der Waals surface area contributed by atoms with Crippen LogP contribution < -0.4 is 5.73 Å². The lowest BCUT2D eigenvalue weighted by atomic mass is 10.2. The Kier molecular flexibility index (Phi) is 4.94. The minimum atomic E-state index is -3.67. The lowest BCUT2D eigenvalue weighted by Crippen LogP contribution is -2.44. The summed E-state index contributed by atoms with van der Waals surface area (Å²) in [6.07, 6.45) is -0.140. The molecule has 1 heterocycles. The van der Waals surface area contributed by atoms with E-state index in [4.69, 9.17) is 33.7 Å². The third-order valence-electron chi connectivity index (χ3n) is 3.18. The van der Waals surface area contributed by atoms with Crippen molar-refractivity contribution in [3.05, 3.63) is 27.7 Å². The summed E-state index contributed by atoms with van der Waals surface area (Å²) in [6, 6.07) is 2.92. The Balaban J connectivity index is 2.44. The Morgan fingerprint density at radius 3 is 2.75 bits per heavy atom. The molecule has 0 spiro atoms. The summed E-state index contributed by atoms with van der Waals surface area (Å²) in [5.74, 6) is 0. The van der Waals surface area contributed by atoms with Gasteiger partial charge in [0.05, 0.1) is 17.7 Å². The van der Waals surface area contributed by atoms with Gasteiger partial charge in [0.2, 0.25) is 10.0 Å². The molecule has 1 aromatic carbocycles. The number of rotatable bonds is 3. The van der Waals surface area contributed by atoms with Crippen molar-refractivity contribution in [3.63, 3.8) is 0 Å². The second-order valence-corrected chi connectivity index (χ2v) is 7.28. The third kappa shape index (κ3) is 2.95. The molecule has 1 saturated heterocycles. The van der Waals surface area contributed by atoms with E-state index in [1.807, 2.05) is 6.92 Å². The minimum absolute atomic E-state index is 0.0399. The van der Waals surface area contributed by atoms with Crippen LogP contribution in [-0.4, -0.2) is 38.5 Å². The number of hydrogen-bond donors (Lipinski definition) is 1. The average molecular weight is 339 g/mol. The molecule has 1 fully saturated rings. The smallest absolute Gasteiger partial charge is 0.244 e. The van der Waals surface area contributed by atoms with Gasteiger partial charge in [-0.05, 0) is 19.1 Å². The summed E-state index contributed by atoms with van der Waals surface area (Å²) in [4.78, 5) is 0.0399. The molecule has 1 aromatic rings. The quantitative estimate of drug-likeness (QED) is 0.912. The highest BCUT2D eigenvalue weighted by Crippen LogP contribution is 2.32. The maximum atomic E-state index is 12.6. The molecule has 1 unspecified atom stereocenters. The summed E-state index contributed by atoms with van der Waals surface area (Å²) >= 11 is 12.1. The molecule has 1 aliphatic rings. The van der Waals surface area contributed by atoms with Gasteiger partial charge in [-0.3, -0.25) is 0 Å². The van der Waals surface area contributed by atoms with Gasteiger partial charge in [0, 0.05) is 30.2 Å². The van der Waals surface area contributed by atoms with Crippen LogP contribution in [0.25, 0.3) is 0 Å². The van der Waals surface area contributed by atoms with Gasteiger partial charge in [0.1, 0.15) is 4.90 Å². The van der Waals surface area contributed by atoms with Crippen LogP contribution in [0.5, 0.6) is 0 Å². The highest BCUT2D eigenvalue weighted by Gasteiger charge is 2.31. The Morgan fingerprint density at radius 2 is 2.15 bits per heavy atom. The second-order valence-electron chi connectivity index (χ2n) is 4.59. The van der Waals surface area contributed by atoms with Crippen molar-refractivity contribution in [1.29, 1.82) is 0 Å². The summed E-state index contributed by atoms with van der Waals surface area (Å²) in [6.45, 7) is 2.90. The Bertz CT molecular complexity index is 607. The van der Waals surface area contributed by atoms with Gasteiger partial charge < -0.3 is 10.5 Å². The van der Waals surface area contributed by atoms with Crippen LogP contribution in [0.3, 0.4) is 0 Å². The van der Waals surface area contributed by atoms with Crippen LogP contribution in [-0.2, 0) is 21.3 Å². The molecule has 0 radical (unpaired) electrons. The first-order valence-corrected chi connectivity index (χ1v) is 8.36. The molecule has 8 heteroatoms. The summed E-state index contributed by atoms with van der Waals surface area (Å²) in [5.41, 5.74) is 6.01. The van der Waals surface area contributed by atoms with E-state index < -0.39 is 10.0 Å². The predicted octanol–water partition coefficient (Wildman–Crippen LogP) is 1.86.